The summed E-state index contributed by atoms with van der Waals surface area (Å²) >= 11 is 5.95. The number of benzene rings is 2. The SMILES string of the molecule is CPC.O=Cc1cccc(Br)c1F.OCc1cccc(Br)c1F. The Labute approximate surface area is 153 Å². The highest BCUT2D eigenvalue weighted by molar-refractivity contribution is 9.10. The van der Waals surface area contributed by atoms with E-state index in [0.717, 1.165) is 8.58 Å². The molecule has 2 aromatic rings. The predicted octanol–water partition coefficient (Wildman–Crippen LogP) is 5.41. The number of hydrogen-bond donors (Lipinski definition) is 1. The Kier molecular flexibility index (Phi) is 12.3. The highest BCUT2D eigenvalue weighted by Crippen LogP contribution is 2.18. The summed E-state index contributed by atoms with van der Waals surface area (Å²) in [6.45, 7) is 4.05. The summed E-state index contributed by atoms with van der Waals surface area (Å²) in [5.41, 5.74) is 0.392. The van der Waals surface area contributed by atoms with Crippen LogP contribution in [0.1, 0.15) is 15.9 Å². The molecular formula is C16H17Br2F2O2P. The molecule has 2 aromatic carbocycles. The maximum Gasteiger partial charge on any atom is 0.153 e. The van der Waals surface area contributed by atoms with Gasteiger partial charge in [-0.25, -0.2) is 8.78 Å². The van der Waals surface area contributed by atoms with Crippen molar-refractivity contribution in [3.05, 3.63) is 68.1 Å². The minimum absolute atomic E-state index is 0.0781. The Bertz CT molecular complexity index is 625. The summed E-state index contributed by atoms with van der Waals surface area (Å²) < 4.78 is 26.2. The average Bonchev–Trinajstić information content (AvgIpc) is 2.54. The third-order valence-electron chi connectivity index (χ3n) is 2.31. The van der Waals surface area contributed by atoms with Gasteiger partial charge in [0.25, 0.3) is 0 Å². The molecule has 0 atom stereocenters. The normalized spacial score (nSPS) is 9.17. The summed E-state index contributed by atoms with van der Waals surface area (Å²) in [4.78, 5) is 10.1. The molecule has 0 aliphatic heterocycles. The van der Waals surface area contributed by atoms with Crippen LogP contribution in [0, 0.1) is 11.6 Å². The zero-order valence-electron chi connectivity index (χ0n) is 12.6. The lowest BCUT2D eigenvalue weighted by Crippen LogP contribution is -1.89. The second-order valence-corrected chi connectivity index (χ2v) is 6.84. The van der Waals surface area contributed by atoms with Crippen LogP contribution in [-0.2, 0) is 6.61 Å². The standard InChI is InChI=1S/C7H6BrFO.C7H4BrFO.C2H7P/c2*8-6-3-1-2-5(4-10)7(6)9;1-3-2/h1-3,10H,4H2;1-4H;3H,1-2H3. The lowest BCUT2D eigenvalue weighted by molar-refractivity contribution is 0.111. The van der Waals surface area contributed by atoms with Crippen LogP contribution in [-0.4, -0.2) is 24.7 Å². The molecule has 7 heteroatoms. The molecule has 0 heterocycles. The van der Waals surface area contributed by atoms with Gasteiger partial charge in [0.05, 0.1) is 21.1 Å². The lowest BCUT2D eigenvalue weighted by atomic mass is 10.2. The number of aliphatic hydroxyl groups excluding tert-OH is 1. The number of aldehydes is 1. The van der Waals surface area contributed by atoms with Crippen LogP contribution in [0.3, 0.4) is 0 Å². The first-order valence-electron chi connectivity index (χ1n) is 6.44. The fourth-order valence-electron chi connectivity index (χ4n) is 1.28. The van der Waals surface area contributed by atoms with Gasteiger partial charge in [-0.1, -0.05) is 18.2 Å². The van der Waals surface area contributed by atoms with E-state index in [9.17, 15) is 13.6 Å². The molecule has 0 aliphatic carbocycles. The van der Waals surface area contributed by atoms with E-state index in [-0.39, 0.29) is 18.0 Å². The molecule has 2 nitrogen and oxygen atoms in total. The molecule has 126 valence electrons. The molecule has 0 radical (unpaired) electrons. The largest absolute Gasteiger partial charge is 0.392 e. The Balaban J connectivity index is 0.000000360. The van der Waals surface area contributed by atoms with Crippen LogP contribution in [0.4, 0.5) is 8.78 Å². The second-order valence-electron chi connectivity index (χ2n) is 4.13. The molecule has 2 rings (SSSR count). The van der Waals surface area contributed by atoms with Crippen molar-refractivity contribution < 1.29 is 18.7 Å². The number of halogens is 4. The van der Waals surface area contributed by atoms with Crippen LogP contribution >= 0.6 is 40.4 Å². The molecule has 0 bridgehead atoms. The number of hydrogen-bond acceptors (Lipinski definition) is 2. The zero-order chi connectivity index (χ0) is 17.8. The first kappa shape index (κ1) is 22.3. The first-order chi connectivity index (χ1) is 10.9. The van der Waals surface area contributed by atoms with E-state index < -0.39 is 5.82 Å². The Morgan fingerprint density at radius 3 is 1.91 bits per heavy atom. The van der Waals surface area contributed by atoms with E-state index in [1.165, 1.54) is 6.07 Å². The van der Waals surface area contributed by atoms with Crippen molar-refractivity contribution in [1.29, 1.82) is 0 Å². The molecular weight excluding hydrogens is 453 g/mol. The minimum Gasteiger partial charge on any atom is -0.392 e. The van der Waals surface area contributed by atoms with E-state index in [4.69, 9.17) is 5.11 Å². The van der Waals surface area contributed by atoms with Crippen LogP contribution < -0.4 is 0 Å². The fraction of sp³-hybridized carbons (Fsp3) is 0.188. The van der Waals surface area contributed by atoms with Crippen molar-refractivity contribution in [2.45, 2.75) is 6.61 Å². The fourth-order valence-corrected chi connectivity index (χ4v) is 2.07. The van der Waals surface area contributed by atoms with Crippen molar-refractivity contribution >= 4 is 46.7 Å². The van der Waals surface area contributed by atoms with Crippen LogP contribution in [0.15, 0.2) is 45.3 Å². The smallest absolute Gasteiger partial charge is 0.153 e. The molecule has 0 aromatic heterocycles. The molecule has 1 N–H and O–H groups in total. The van der Waals surface area contributed by atoms with Crippen molar-refractivity contribution in [3.63, 3.8) is 0 Å². The van der Waals surface area contributed by atoms with E-state index in [2.05, 4.69) is 45.2 Å². The van der Waals surface area contributed by atoms with Gasteiger partial charge in [0.1, 0.15) is 11.6 Å². The van der Waals surface area contributed by atoms with Crippen molar-refractivity contribution in [3.8, 4) is 0 Å². The monoisotopic (exact) mass is 468 g/mol. The second kappa shape index (κ2) is 12.7. The summed E-state index contributed by atoms with van der Waals surface area (Å²) in [7, 11) is 1.08. The first-order valence-corrected chi connectivity index (χ1v) is 10.0. The molecule has 0 saturated carbocycles. The van der Waals surface area contributed by atoms with E-state index in [1.807, 2.05) is 0 Å². The summed E-state index contributed by atoms with van der Waals surface area (Å²) in [5, 5.41) is 8.58. The Morgan fingerprint density at radius 2 is 1.52 bits per heavy atom. The number of carbonyl (C=O) groups excluding carboxylic acids is 1. The molecule has 0 unspecified atom stereocenters. The zero-order valence-corrected chi connectivity index (χ0v) is 16.8. The quantitative estimate of drug-likeness (QED) is 0.472. The molecule has 0 fully saturated rings. The van der Waals surface area contributed by atoms with Gasteiger partial charge in [-0.15, -0.1) is 8.58 Å². The van der Waals surface area contributed by atoms with Gasteiger partial charge in [-0.2, -0.15) is 0 Å². The summed E-state index contributed by atoms with van der Waals surface area (Å²) in [6.07, 6.45) is 0.486. The van der Waals surface area contributed by atoms with E-state index in [1.54, 1.807) is 30.3 Å². The molecule has 23 heavy (non-hydrogen) atoms. The van der Waals surface area contributed by atoms with Crippen molar-refractivity contribution in [2.75, 3.05) is 13.3 Å². The maximum absolute atomic E-state index is 12.8. The molecule has 0 amide bonds. The van der Waals surface area contributed by atoms with E-state index in [0.29, 0.717) is 20.8 Å². The van der Waals surface area contributed by atoms with Gasteiger partial charge >= 0.3 is 0 Å². The molecule has 0 saturated heterocycles. The third-order valence-corrected chi connectivity index (χ3v) is 3.54. The van der Waals surface area contributed by atoms with Gasteiger partial charge in [0, 0.05) is 5.56 Å². The van der Waals surface area contributed by atoms with Gasteiger partial charge in [-0.05, 0) is 63.4 Å². The predicted molar refractivity (Wildman–Crippen MR) is 99.7 cm³/mol. The molecule has 0 aliphatic rings. The summed E-state index contributed by atoms with van der Waals surface area (Å²) in [6, 6.07) is 9.39. The van der Waals surface area contributed by atoms with Gasteiger partial charge in [-0.3, -0.25) is 4.79 Å². The van der Waals surface area contributed by atoms with Gasteiger partial charge in [0.15, 0.2) is 6.29 Å². The topological polar surface area (TPSA) is 37.3 Å². The lowest BCUT2D eigenvalue weighted by Gasteiger charge is -1.98. The highest BCUT2D eigenvalue weighted by Gasteiger charge is 2.03. The number of aliphatic hydroxyl groups is 1. The number of carbonyl (C=O) groups is 1. The van der Waals surface area contributed by atoms with Crippen LogP contribution in [0.2, 0.25) is 0 Å². The Hall–Kier alpha value is -0.680. The minimum atomic E-state index is -0.502. The highest BCUT2D eigenvalue weighted by atomic mass is 79.9. The van der Waals surface area contributed by atoms with Crippen LogP contribution in [0.5, 0.6) is 0 Å². The maximum atomic E-state index is 12.8. The van der Waals surface area contributed by atoms with Crippen molar-refractivity contribution in [2.24, 2.45) is 0 Å². The van der Waals surface area contributed by atoms with Crippen LogP contribution in [0.25, 0.3) is 0 Å². The summed E-state index contributed by atoms with van der Waals surface area (Å²) in [5.74, 6) is -0.887. The van der Waals surface area contributed by atoms with Crippen molar-refractivity contribution in [1.82, 2.24) is 0 Å². The number of rotatable bonds is 2. The van der Waals surface area contributed by atoms with Gasteiger partial charge in [0.2, 0.25) is 0 Å². The van der Waals surface area contributed by atoms with E-state index >= 15 is 0 Å². The van der Waals surface area contributed by atoms with Gasteiger partial charge < -0.3 is 5.11 Å². The Morgan fingerprint density at radius 1 is 1.04 bits per heavy atom. The average molecular weight is 470 g/mol. The molecule has 0 spiro atoms. The third kappa shape index (κ3) is 8.11.